The van der Waals surface area contributed by atoms with E-state index in [0.29, 0.717) is 11.4 Å². The van der Waals surface area contributed by atoms with Gasteiger partial charge in [0.15, 0.2) is 5.69 Å². The third-order valence-electron chi connectivity index (χ3n) is 3.44. The molecule has 0 aliphatic carbocycles. The predicted molar refractivity (Wildman–Crippen MR) is 84.7 cm³/mol. The van der Waals surface area contributed by atoms with Crippen LogP contribution in [0.4, 0.5) is 5.69 Å². The molecule has 24 heavy (non-hydrogen) atoms. The van der Waals surface area contributed by atoms with Crippen molar-refractivity contribution in [2.75, 3.05) is 6.61 Å². The lowest BCUT2D eigenvalue weighted by molar-refractivity contribution is -1.19. The molecule has 0 radical (unpaired) electrons. The molecular formula is C15H16ClNO6P+. The molecule has 1 saturated heterocycles. The summed E-state index contributed by atoms with van der Waals surface area (Å²) >= 11 is 5.98. The number of phosphoric acid groups is 1. The Kier molecular flexibility index (Phi) is 5.22. The lowest BCUT2D eigenvalue weighted by atomic mass is 10.1. The molecule has 1 heterocycles. The number of quaternary nitrogens is 1. The number of nitrogens with one attached hydrogen (secondary N) is 1. The second-order valence-corrected chi connectivity index (χ2v) is 7.14. The first-order valence-electron chi connectivity index (χ1n) is 7.18. The van der Waals surface area contributed by atoms with E-state index in [9.17, 15) is 4.57 Å². The Balaban J connectivity index is 1.73. The maximum Gasteiger partial charge on any atom is 0.530 e. The third kappa shape index (κ3) is 4.15. The molecule has 1 aliphatic rings. The summed E-state index contributed by atoms with van der Waals surface area (Å²) in [4.78, 5) is 0. The number of rotatable bonds is 4. The van der Waals surface area contributed by atoms with Crippen molar-refractivity contribution in [1.82, 2.24) is 0 Å². The summed E-state index contributed by atoms with van der Waals surface area (Å²) in [5.41, 5.74) is 1.01. The Morgan fingerprint density at radius 1 is 1.21 bits per heavy atom. The topological polar surface area (TPSA) is 89.7 Å². The Hall–Kier alpha value is -1.44. The number of halogens is 1. The quantitative estimate of drug-likeness (QED) is 0.563. The van der Waals surface area contributed by atoms with Crippen LogP contribution in [0.5, 0.6) is 5.75 Å². The van der Waals surface area contributed by atoms with Crippen molar-refractivity contribution in [3.63, 3.8) is 0 Å². The molecule has 3 N–H and O–H groups in total. The maximum absolute atomic E-state index is 12.7. The number of benzene rings is 2. The lowest BCUT2D eigenvalue weighted by Crippen LogP contribution is -3.01. The summed E-state index contributed by atoms with van der Waals surface area (Å²) in [5.74, 6) is 0.232. The second-order valence-electron chi connectivity index (χ2n) is 5.16. The van der Waals surface area contributed by atoms with Crippen LogP contribution in [0, 0.1) is 0 Å². The van der Waals surface area contributed by atoms with Gasteiger partial charge in [-0.15, -0.1) is 0 Å². The summed E-state index contributed by atoms with van der Waals surface area (Å²) < 4.78 is 28.8. The van der Waals surface area contributed by atoms with Gasteiger partial charge in [-0.3, -0.25) is 9.05 Å². The Morgan fingerprint density at radius 2 is 1.96 bits per heavy atom. The standard InChI is InChI=1S/C15H15ClNO6P/c16-12-3-1-2-11(10-12)15-8-9-21-24(20,23-15)22-14-6-4-13(5-7-14)17(18)19/h1-7,10,15,18-19H,8-9H2/p+1/t15-,24-/m0/s1. The molecule has 0 amide bonds. The molecule has 0 spiro atoms. The van der Waals surface area contributed by atoms with Crippen molar-refractivity contribution in [1.29, 1.82) is 0 Å². The summed E-state index contributed by atoms with van der Waals surface area (Å²) in [6, 6.07) is 12.8. The predicted octanol–water partition coefficient (Wildman–Crippen LogP) is 3.30. The zero-order valence-corrected chi connectivity index (χ0v) is 14.1. The van der Waals surface area contributed by atoms with Crippen LogP contribution < -0.4 is 9.75 Å². The van der Waals surface area contributed by atoms with Gasteiger partial charge in [-0.05, 0) is 35.1 Å². The van der Waals surface area contributed by atoms with Gasteiger partial charge in [0.1, 0.15) is 5.75 Å². The van der Waals surface area contributed by atoms with E-state index in [0.717, 1.165) is 5.56 Å². The normalized spacial score (nSPS) is 24.1. The summed E-state index contributed by atoms with van der Waals surface area (Å²) in [5, 5.41) is 17.7. The van der Waals surface area contributed by atoms with Crippen molar-refractivity contribution >= 4 is 25.1 Å². The molecule has 3 rings (SSSR count). The van der Waals surface area contributed by atoms with E-state index in [1.54, 1.807) is 18.2 Å². The van der Waals surface area contributed by atoms with Crippen LogP contribution in [0.1, 0.15) is 18.1 Å². The van der Waals surface area contributed by atoms with Crippen LogP contribution in [0.25, 0.3) is 0 Å². The molecule has 1 fully saturated rings. The number of phosphoric ester groups is 1. The van der Waals surface area contributed by atoms with Crippen molar-refractivity contribution in [3.8, 4) is 5.75 Å². The molecule has 0 aromatic heterocycles. The van der Waals surface area contributed by atoms with E-state index in [-0.39, 0.29) is 18.0 Å². The highest BCUT2D eigenvalue weighted by molar-refractivity contribution is 7.49. The third-order valence-corrected chi connectivity index (χ3v) is 5.12. The molecule has 0 unspecified atom stereocenters. The van der Waals surface area contributed by atoms with Crippen LogP contribution >= 0.6 is 19.4 Å². The van der Waals surface area contributed by atoms with Crippen molar-refractivity contribution < 1.29 is 33.8 Å². The van der Waals surface area contributed by atoms with Gasteiger partial charge in [-0.25, -0.2) is 4.57 Å². The molecule has 2 aromatic rings. The molecule has 7 nitrogen and oxygen atoms in total. The van der Waals surface area contributed by atoms with Gasteiger partial charge >= 0.3 is 7.82 Å². The fourth-order valence-corrected chi connectivity index (χ4v) is 3.89. The fourth-order valence-electron chi connectivity index (χ4n) is 2.29. The van der Waals surface area contributed by atoms with Gasteiger partial charge in [0.2, 0.25) is 0 Å². The minimum Gasteiger partial charge on any atom is -0.404 e. The van der Waals surface area contributed by atoms with Gasteiger partial charge < -0.3 is 4.52 Å². The van der Waals surface area contributed by atoms with Crippen LogP contribution in [-0.2, 0) is 13.6 Å². The summed E-state index contributed by atoms with van der Waals surface area (Å²) in [7, 11) is -3.79. The zero-order chi connectivity index (χ0) is 17.2. The maximum atomic E-state index is 12.7. The first-order chi connectivity index (χ1) is 11.5. The Bertz CT molecular complexity index is 754. The zero-order valence-electron chi connectivity index (χ0n) is 12.5. The van der Waals surface area contributed by atoms with Gasteiger partial charge in [0.25, 0.3) is 0 Å². The first-order valence-corrected chi connectivity index (χ1v) is 9.02. The van der Waals surface area contributed by atoms with E-state index in [4.69, 9.17) is 35.6 Å². The Morgan fingerprint density at radius 3 is 2.62 bits per heavy atom. The summed E-state index contributed by atoms with van der Waals surface area (Å²) in [6.45, 7) is 0.220. The lowest BCUT2D eigenvalue weighted by Gasteiger charge is -2.29. The van der Waals surface area contributed by atoms with Crippen molar-refractivity contribution in [2.45, 2.75) is 12.5 Å². The number of hydrogen-bond acceptors (Lipinski definition) is 6. The van der Waals surface area contributed by atoms with E-state index < -0.39 is 19.2 Å². The van der Waals surface area contributed by atoms with E-state index in [1.165, 1.54) is 24.3 Å². The monoisotopic (exact) mass is 372 g/mol. The van der Waals surface area contributed by atoms with E-state index >= 15 is 0 Å². The van der Waals surface area contributed by atoms with Crippen LogP contribution in [0.2, 0.25) is 5.02 Å². The smallest absolute Gasteiger partial charge is 0.404 e. The largest absolute Gasteiger partial charge is 0.530 e. The highest BCUT2D eigenvalue weighted by Crippen LogP contribution is 2.56. The van der Waals surface area contributed by atoms with Gasteiger partial charge in [0.05, 0.1) is 12.7 Å². The summed E-state index contributed by atoms with van der Waals surface area (Å²) in [6.07, 6.45) is 0.0809. The Labute approximate surface area is 143 Å². The van der Waals surface area contributed by atoms with Crippen LogP contribution in [-0.4, -0.2) is 17.0 Å². The molecule has 128 valence electrons. The molecule has 0 saturated carbocycles. The molecule has 2 atom stereocenters. The van der Waals surface area contributed by atoms with Gasteiger partial charge in [-0.2, -0.15) is 10.4 Å². The van der Waals surface area contributed by atoms with Crippen LogP contribution in [0.3, 0.4) is 0 Å². The first kappa shape index (κ1) is 17.4. The molecule has 0 bridgehead atoms. The van der Waals surface area contributed by atoms with E-state index in [1.807, 2.05) is 6.07 Å². The van der Waals surface area contributed by atoms with Crippen LogP contribution in [0.15, 0.2) is 48.5 Å². The molecular weight excluding hydrogens is 357 g/mol. The minimum atomic E-state index is -3.79. The van der Waals surface area contributed by atoms with E-state index in [2.05, 4.69) is 0 Å². The molecule has 1 aliphatic heterocycles. The fraction of sp³-hybridized carbons (Fsp3) is 0.200. The van der Waals surface area contributed by atoms with Gasteiger partial charge in [0, 0.05) is 23.6 Å². The van der Waals surface area contributed by atoms with Crippen molar-refractivity contribution in [3.05, 3.63) is 59.1 Å². The average Bonchev–Trinajstić information content (AvgIpc) is 2.55. The van der Waals surface area contributed by atoms with Crippen molar-refractivity contribution in [2.24, 2.45) is 0 Å². The second kappa shape index (κ2) is 7.21. The highest BCUT2D eigenvalue weighted by Gasteiger charge is 2.37. The minimum absolute atomic E-state index is 0.211. The molecule has 2 aromatic carbocycles. The number of hydrogen-bond donors (Lipinski definition) is 3. The highest BCUT2D eigenvalue weighted by atomic mass is 35.5. The van der Waals surface area contributed by atoms with Gasteiger partial charge in [-0.1, -0.05) is 23.7 Å². The average molecular weight is 373 g/mol. The molecule has 9 heteroatoms. The SMILES string of the molecule is O=[P@@]1(Oc2ccc([NH+](O)O)cc2)OCC[C@@H](c2cccc(Cl)c2)O1.